The molecule has 5 nitrogen and oxygen atoms in total. The molecule has 5 heteroatoms. The molecule has 1 saturated carbocycles. The van der Waals surface area contributed by atoms with E-state index in [9.17, 15) is 4.79 Å². The summed E-state index contributed by atoms with van der Waals surface area (Å²) in [4.78, 5) is 23.1. The zero-order chi connectivity index (χ0) is 18.3. The number of carbonyl (C=O) groups excluding carboxylic acids is 1. The first kappa shape index (κ1) is 17.0. The Morgan fingerprint density at radius 3 is 2.77 bits per heavy atom. The second-order valence-corrected chi connectivity index (χ2v) is 8.07. The number of anilines is 1. The lowest BCUT2D eigenvalue weighted by molar-refractivity contribution is -0.125. The van der Waals surface area contributed by atoms with Gasteiger partial charge >= 0.3 is 0 Å². The van der Waals surface area contributed by atoms with Gasteiger partial charge < -0.3 is 10.2 Å². The van der Waals surface area contributed by atoms with Crippen molar-refractivity contribution >= 4 is 11.7 Å². The third-order valence-electron chi connectivity index (χ3n) is 6.08. The lowest BCUT2D eigenvalue weighted by Gasteiger charge is -2.64. The van der Waals surface area contributed by atoms with E-state index in [1.54, 1.807) is 13.3 Å². The first-order valence-corrected chi connectivity index (χ1v) is 9.39. The van der Waals surface area contributed by atoms with Gasteiger partial charge in [-0.05, 0) is 18.4 Å². The Labute approximate surface area is 154 Å². The lowest BCUT2D eigenvalue weighted by atomic mass is 9.52. The van der Waals surface area contributed by atoms with E-state index in [-0.39, 0.29) is 17.4 Å². The van der Waals surface area contributed by atoms with Crippen molar-refractivity contribution in [3.63, 3.8) is 0 Å². The number of carbonyl (C=O) groups is 1. The smallest absolute Gasteiger partial charge is 0.217 e. The number of aromatic nitrogens is 2. The number of nitrogens with one attached hydrogen (secondary N) is 1. The van der Waals surface area contributed by atoms with Gasteiger partial charge in [-0.3, -0.25) is 4.79 Å². The standard InChI is InChI=1S/C21H26N4O/c1-14(26)24-18-16-10-7-11-25(19(16)21(18,2)3)20-17(12-22-13-23-20)15-8-5-4-6-9-15/h4-6,8-9,12-13,16,18-19H,7,10-11H2,1-3H3,(H,24,26). The molecule has 1 aromatic carbocycles. The van der Waals surface area contributed by atoms with E-state index in [4.69, 9.17) is 0 Å². The van der Waals surface area contributed by atoms with Crippen molar-refractivity contribution in [2.24, 2.45) is 11.3 Å². The summed E-state index contributed by atoms with van der Waals surface area (Å²) in [5, 5.41) is 3.19. The molecule has 0 bridgehead atoms. The largest absolute Gasteiger partial charge is 0.353 e. The molecule has 136 valence electrons. The monoisotopic (exact) mass is 350 g/mol. The van der Waals surface area contributed by atoms with E-state index < -0.39 is 0 Å². The Balaban J connectivity index is 1.70. The van der Waals surface area contributed by atoms with E-state index >= 15 is 0 Å². The Bertz CT molecular complexity index is 805. The molecule has 1 aliphatic heterocycles. The summed E-state index contributed by atoms with van der Waals surface area (Å²) >= 11 is 0. The first-order chi connectivity index (χ1) is 12.5. The van der Waals surface area contributed by atoms with E-state index in [1.165, 1.54) is 0 Å². The van der Waals surface area contributed by atoms with Crippen LogP contribution in [0.2, 0.25) is 0 Å². The van der Waals surface area contributed by atoms with Crippen LogP contribution in [0.15, 0.2) is 42.9 Å². The quantitative estimate of drug-likeness (QED) is 0.923. The van der Waals surface area contributed by atoms with Crippen molar-refractivity contribution in [2.45, 2.75) is 45.7 Å². The minimum absolute atomic E-state index is 0.00959. The van der Waals surface area contributed by atoms with Crippen LogP contribution >= 0.6 is 0 Å². The highest BCUT2D eigenvalue weighted by Crippen LogP contribution is 2.53. The summed E-state index contributed by atoms with van der Waals surface area (Å²) in [5.41, 5.74) is 2.23. The van der Waals surface area contributed by atoms with Gasteiger partial charge in [0, 0.05) is 48.6 Å². The fourth-order valence-corrected chi connectivity index (χ4v) is 5.07. The fourth-order valence-electron chi connectivity index (χ4n) is 5.07. The average molecular weight is 350 g/mol. The summed E-state index contributed by atoms with van der Waals surface area (Å²) in [6.07, 6.45) is 5.83. The number of hydrogen-bond acceptors (Lipinski definition) is 4. The third kappa shape index (κ3) is 2.66. The van der Waals surface area contributed by atoms with Gasteiger partial charge in [0.2, 0.25) is 5.91 Å². The Kier molecular flexibility index (Phi) is 4.17. The fraction of sp³-hybridized carbons (Fsp3) is 0.476. The second kappa shape index (κ2) is 6.38. The Morgan fingerprint density at radius 1 is 1.27 bits per heavy atom. The summed E-state index contributed by atoms with van der Waals surface area (Å²) in [6.45, 7) is 7.13. The molecule has 4 rings (SSSR count). The Hall–Kier alpha value is -2.43. The van der Waals surface area contributed by atoms with E-state index in [0.717, 1.165) is 36.3 Å². The molecule has 0 spiro atoms. The topological polar surface area (TPSA) is 58.1 Å². The number of piperidine rings is 1. The molecule has 3 unspecified atom stereocenters. The van der Waals surface area contributed by atoms with Crippen LogP contribution in [0, 0.1) is 11.3 Å². The molecule has 1 N–H and O–H groups in total. The highest BCUT2D eigenvalue weighted by molar-refractivity contribution is 5.76. The van der Waals surface area contributed by atoms with Crippen LogP contribution < -0.4 is 10.2 Å². The molecule has 1 aromatic heterocycles. The van der Waals surface area contributed by atoms with Crippen LogP contribution in [0.4, 0.5) is 5.82 Å². The van der Waals surface area contributed by atoms with E-state index in [0.29, 0.717) is 12.0 Å². The Morgan fingerprint density at radius 2 is 2.04 bits per heavy atom. The number of rotatable bonds is 3. The first-order valence-electron chi connectivity index (χ1n) is 9.39. The van der Waals surface area contributed by atoms with Crippen LogP contribution in [0.3, 0.4) is 0 Å². The van der Waals surface area contributed by atoms with Crippen molar-refractivity contribution in [1.82, 2.24) is 15.3 Å². The average Bonchev–Trinajstić information content (AvgIpc) is 2.66. The van der Waals surface area contributed by atoms with Crippen molar-refractivity contribution in [1.29, 1.82) is 0 Å². The molecule has 2 fully saturated rings. The predicted molar refractivity (Wildman–Crippen MR) is 103 cm³/mol. The molecule has 1 saturated heterocycles. The molecule has 1 aliphatic carbocycles. The number of amides is 1. The molecule has 3 atom stereocenters. The van der Waals surface area contributed by atoms with Crippen molar-refractivity contribution < 1.29 is 4.79 Å². The summed E-state index contributed by atoms with van der Waals surface area (Å²) in [5.74, 6) is 1.54. The predicted octanol–water partition coefficient (Wildman–Crippen LogP) is 3.27. The molecule has 2 aliphatic rings. The highest BCUT2D eigenvalue weighted by atomic mass is 16.1. The molecular weight excluding hydrogens is 324 g/mol. The zero-order valence-electron chi connectivity index (χ0n) is 15.6. The van der Waals surface area contributed by atoms with Crippen LogP contribution in [0.25, 0.3) is 11.1 Å². The summed E-state index contributed by atoms with van der Waals surface area (Å²) in [6, 6.07) is 10.9. The van der Waals surface area contributed by atoms with Crippen molar-refractivity contribution in [3.05, 3.63) is 42.9 Å². The summed E-state index contributed by atoms with van der Waals surface area (Å²) in [7, 11) is 0. The third-order valence-corrected chi connectivity index (χ3v) is 6.08. The van der Waals surface area contributed by atoms with Gasteiger partial charge in [0.1, 0.15) is 12.1 Å². The number of benzene rings is 1. The molecule has 0 radical (unpaired) electrons. The minimum Gasteiger partial charge on any atom is -0.353 e. The van der Waals surface area contributed by atoms with Crippen molar-refractivity contribution in [3.8, 4) is 11.1 Å². The van der Waals surface area contributed by atoms with Crippen LogP contribution in [0.5, 0.6) is 0 Å². The molecule has 2 heterocycles. The zero-order valence-corrected chi connectivity index (χ0v) is 15.6. The molecule has 2 aromatic rings. The van der Waals surface area contributed by atoms with Crippen LogP contribution in [-0.4, -0.2) is 34.5 Å². The van der Waals surface area contributed by atoms with Gasteiger partial charge in [0.15, 0.2) is 0 Å². The normalized spacial score (nSPS) is 26.6. The maximum Gasteiger partial charge on any atom is 0.217 e. The van der Waals surface area contributed by atoms with E-state index in [1.807, 2.05) is 24.4 Å². The van der Waals surface area contributed by atoms with Gasteiger partial charge in [-0.1, -0.05) is 44.2 Å². The molecule has 26 heavy (non-hydrogen) atoms. The van der Waals surface area contributed by atoms with E-state index in [2.05, 4.69) is 46.2 Å². The van der Waals surface area contributed by atoms with Crippen LogP contribution in [0.1, 0.15) is 33.6 Å². The molecular formula is C21H26N4O. The maximum atomic E-state index is 11.7. The SMILES string of the molecule is CC(=O)NC1C2CCCN(c3ncncc3-c3ccccc3)C2C1(C)C. The highest BCUT2D eigenvalue weighted by Gasteiger charge is 2.60. The number of nitrogens with zero attached hydrogens (tertiary/aromatic N) is 3. The van der Waals surface area contributed by atoms with Gasteiger partial charge in [0.25, 0.3) is 0 Å². The van der Waals surface area contributed by atoms with Crippen LogP contribution in [-0.2, 0) is 4.79 Å². The number of fused-ring (bicyclic) bond motifs is 1. The van der Waals surface area contributed by atoms with Crippen molar-refractivity contribution in [2.75, 3.05) is 11.4 Å². The van der Waals surface area contributed by atoms with Gasteiger partial charge in [-0.15, -0.1) is 0 Å². The van der Waals surface area contributed by atoms with Gasteiger partial charge in [-0.25, -0.2) is 9.97 Å². The minimum atomic E-state index is 0.00959. The lowest BCUT2D eigenvalue weighted by Crippen LogP contribution is -2.74. The molecule has 1 amide bonds. The second-order valence-electron chi connectivity index (χ2n) is 8.07. The summed E-state index contributed by atoms with van der Waals surface area (Å²) < 4.78 is 0. The van der Waals surface area contributed by atoms with Gasteiger partial charge in [0.05, 0.1) is 0 Å². The number of hydrogen-bond donors (Lipinski definition) is 1. The maximum absolute atomic E-state index is 11.7. The van der Waals surface area contributed by atoms with Gasteiger partial charge in [-0.2, -0.15) is 0 Å².